The molecule has 10 heteroatoms. The number of amides is 1. The summed E-state index contributed by atoms with van der Waals surface area (Å²) in [7, 11) is 1.50. The Morgan fingerprint density at radius 2 is 1.98 bits per heavy atom. The molecule has 1 N–H and O–H groups in total. The summed E-state index contributed by atoms with van der Waals surface area (Å²) in [4.78, 5) is 30.7. The molecule has 8 nitrogen and oxygen atoms in total. The first-order chi connectivity index (χ1) is 19.7. The van der Waals surface area contributed by atoms with E-state index >= 15 is 0 Å². The Morgan fingerprint density at radius 3 is 2.66 bits per heavy atom. The van der Waals surface area contributed by atoms with Gasteiger partial charge in [0.25, 0.3) is 11.5 Å². The van der Waals surface area contributed by atoms with E-state index in [2.05, 4.69) is 32.9 Å². The van der Waals surface area contributed by atoms with E-state index in [0.29, 0.717) is 51.5 Å². The Bertz CT molecular complexity index is 1670. The van der Waals surface area contributed by atoms with Crippen LogP contribution in [-0.2, 0) is 11.2 Å². The fourth-order valence-electron chi connectivity index (χ4n) is 4.15. The van der Waals surface area contributed by atoms with Gasteiger partial charge in [0.15, 0.2) is 18.1 Å². The van der Waals surface area contributed by atoms with Gasteiger partial charge in [0, 0.05) is 21.6 Å². The van der Waals surface area contributed by atoms with Crippen molar-refractivity contribution in [2.45, 2.75) is 32.6 Å². The van der Waals surface area contributed by atoms with Gasteiger partial charge >= 0.3 is 0 Å². The SMILES string of the molecule is C=CCc1cc(C=Nn2c([C@@H](C)CC)nc3ccc(Br)cc3c2=O)cc(OC)c1OCC(=O)Nc1ccc(F)cc1. The number of ether oxygens (including phenoxy) is 2. The quantitative estimate of drug-likeness (QED) is 0.154. The van der Waals surface area contributed by atoms with Crippen molar-refractivity contribution >= 4 is 44.6 Å². The number of hydrogen-bond donors (Lipinski definition) is 1. The zero-order valence-corrected chi connectivity index (χ0v) is 24.6. The van der Waals surface area contributed by atoms with E-state index in [-0.39, 0.29) is 18.1 Å². The molecule has 0 spiro atoms. The molecule has 0 radical (unpaired) electrons. The summed E-state index contributed by atoms with van der Waals surface area (Å²) in [5.74, 6) is 0.516. The van der Waals surface area contributed by atoms with Crippen LogP contribution in [0.25, 0.3) is 10.9 Å². The third-order valence-corrected chi connectivity index (χ3v) is 6.92. The molecule has 41 heavy (non-hydrogen) atoms. The monoisotopic (exact) mass is 620 g/mol. The lowest BCUT2D eigenvalue weighted by molar-refractivity contribution is -0.118. The molecule has 0 saturated heterocycles. The summed E-state index contributed by atoms with van der Waals surface area (Å²) in [6, 6.07) is 14.4. The largest absolute Gasteiger partial charge is 0.493 e. The van der Waals surface area contributed by atoms with Crippen LogP contribution in [0, 0.1) is 5.82 Å². The Labute approximate surface area is 245 Å². The van der Waals surface area contributed by atoms with Crippen LogP contribution in [0.15, 0.2) is 81.6 Å². The van der Waals surface area contributed by atoms with Crippen LogP contribution in [0.5, 0.6) is 11.5 Å². The summed E-state index contributed by atoms with van der Waals surface area (Å²) in [5.41, 5.74) is 2.16. The lowest BCUT2D eigenvalue weighted by Gasteiger charge is -2.16. The van der Waals surface area contributed by atoms with Crippen molar-refractivity contribution in [1.82, 2.24) is 9.66 Å². The number of aromatic nitrogens is 2. The maximum absolute atomic E-state index is 13.5. The molecule has 0 bridgehead atoms. The number of allylic oxidation sites excluding steroid dienone is 1. The maximum atomic E-state index is 13.5. The van der Waals surface area contributed by atoms with Crippen molar-refractivity contribution in [2.24, 2.45) is 5.10 Å². The molecule has 3 aromatic carbocycles. The number of carbonyl (C=O) groups excluding carboxylic acids is 1. The van der Waals surface area contributed by atoms with Gasteiger partial charge in [0.05, 0.1) is 24.2 Å². The summed E-state index contributed by atoms with van der Waals surface area (Å²) in [6.45, 7) is 7.56. The Kier molecular flexibility index (Phi) is 9.67. The van der Waals surface area contributed by atoms with Crippen LogP contribution in [0.3, 0.4) is 0 Å². The van der Waals surface area contributed by atoms with Gasteiger partial charge in [-0.25, -0.2) is 9.37 Å². The Hall–Kier alpha value is -4.31. The topological polar surface area (TPSA) is 94.8 Å². The van der Waals surface area contributed by atoms with Crippen molar-refractivity contribution in [2.75, 3.05) is 19.0 Å². The number of anilines is 1. The van der Waals surface area contributed by atoms with Crippen molar-refractivity contribution < 1.29 is 18.7 Å². The van der Waals surface area contributed by atoms with Crippen LogP contribution < -0.4 is 20.3 Å². The van der Waals surface area contributed by atoms with Gasteiger partial charge < -0.3 is 14.8 Å². The molecule has 0 saturated carbocycles. The zero-order chi connectivity index (χ0) is 29.5. The number of rotatable bonds is 11. The number of hydrogen-bond acceptors (Lipinski definition) is 6. The molecule has 4 rings (SSSR count). The smallest absolute Gasteiger partial charge is 0.282 e. The minimum absolute atomic E-state index is 0.00408. The molecule has 1 aromatic heterocycles. The van der Waals surface area contributed by atoms with Crippen LogP contribution in [0.4, 0.5) is 10.1 Å². The molecule has 0 aliphatic heterocycles. The number of methoxy groups -OCH3 is 1. The van der Waals surface area contributed by atoms with Crippen LogP contribution >= 0.6 is 15.9 Å². The molecule has 0 aliphatic rings. The molecule has 0 fully saturated rings. The van der Waals surface area contributed by atoms with E-state index in [1.165, 1.54) is 36.1 Å². The highest BCUT2D eigenvalue weighted by molar-refractivity contribution is 9.10. The van der Waals surface area contributed by atoms with Crippen molar-refractivity contribution in [3.8, 4) is 11.5 Å². The molecular weight excluding hydrogens is 591 g/mol. The molecule has 4 aromatic rings. The first kappa shape index (κ1) is 29.7. The molecule has 1 heterocycles. The summed E-state index contributed by atoms with van der Waals surface area (Å²) < 4.78 is 26.7. The van der Waals surface area contributed by atoms with Crippen LogP contribution in [0.2, 0.25) is 0 Å². The Balaban J connectivity index is 1.66. The first-order valence-corrected chi connectivity index (χ1v) is 13.8. The predicted octanol–water partition coefficient (Wildman–Crippen LogP) is 6.45. The lowest BCUT2D eigenvalue weighted by atomic mass is 10.1. The second kappa shape index (κ2) is 13.4. The fourth-order valence-corrected chi connectivity index (χ4v) is 4.51. The Morgan fingerprint density at radius 1 is 1.22 bits per heavy atom. The van der Waals surface area contributed by atoms with E-state index < -0.39 is 11.7 Å². The third-order valence-electron chi connectivity index (χ3n) is 6.42. The van der Waals surface area contributed by atoms with Gasteiger partial charge in [-0.3, -0.25) is 9.59 Å². The molecule has 0 unspecified atom stereocenters. The minimum atomic E-state index is -0.416. The van der Waals surface area contributed by atoms with Crippen molar-refractivity contribution in [3.63, 3.8) is 0 Å². The highest BCUT2D eigenvalue weighted by Gasteiger charge is 2.17. The number of benzene rings is 3. The van der Waals surface area contributed by atoms with Crippen LogP contribution in [0.1, 0.15) is 43.1 Å². The summed E-state index contributed by atoms with van der Waals surface area (Å²) in [6.07, 6.45) is 4.48. The van der Waals surface area contributed by atoms with E-state index in [0.717, 1.165) is 10.9 Å². The van der Waals surface area contributed by atoms with Crippen molar-refractivity contribution in [3.05, 3.63) is 105 Å². The van der Waals surface area contributed by atoms with E-state index in [9.17, 15) is 14.0 Å². The van der Waals surface area contributed by atoms with Gasteiger partial charge in [0.2, 0.25) is 0 Å². The highest BCUT2D eigenvalue weighted by Crippen LogP contribution is 2.33. The number of halogens is 2. The molecule has 0 aliphatic carbocycles. The average molecular weight is 622 g/mol. The third kappa shape index (κ3) is 7.07. The second-order valence-electron chi connectivity index (χ2n) is 9.35. The van der Waals surface area contributed by atoms with E-state index in [1.807, 2.05) is 32.0 Å². The van der Waals surface area contributed by atoms with E-state index in [1.54, 1.807) is 24.4 Å². The zero-order valence-electron chi connectivity index (χ0n) is 23.0. The first-order valence-electron chi connectivity index (χ1n) is 13.0. The highest BCUT2D eigenvalue weighted by atomic mass is 79.9. The van der Waals surface area contributed by atoms with Gasteiger partial charge in [-0.1, -0.05) is 35.9 Å². The normalized spacial score (nSPS) is 11.9. The van der Waals surface area contributed by atoms with Crippen LogP contribution in [-0.4, -0.2) is 35.5 Å². The van der Waals surface area contributed by atoms with Gasteiger partial charge in [-0.2, -0.15) is 9.78 Å². The standard InChI is InChI=1S/C31H30BrFN4O4/c1-5-7-21-14-20(15-27(40-4)29(21)41-18-28(38)35-24-11-9-23(33)10-12-24)17-34-37-30(19(3)6-2)36-26-13-8-22(32)16-25(26)31(37)39/h5,8-17,19H,1,6-7,18H2,2-4H3,(H,35,38)/t19-/m0/s1. The molecular formula is C31H30BrFN4O4. The predicted molar refractivity (Wildman–Crippen MR) is 163 cm³/mol. The lowest BCUT2D eigenvalue weighted by Crippen LogP contribution is -2.23. The summed E-state index contributed by atoms with van der Waals surface area (Å²) >= 11 is 3.43. The van der Waals surface area contributed by atoms with Gasteiger partial charge in [0.1, 0.15) is 11.6 Å². The average Bonchev–Trinajstić information content (AvgIpc) is 2.97. The number of nitrogens with zero attached hydrogens (tertiary/aromatic N) is 3. The molecule has 1 amide bonds. The minimum Gasteiger partial charge on any atom is -0.493 e. The van der Waals surface area contributed by atoms with Crippen molar-refractivity contribution in [1.29, 1.82) is 0 Å². The van der Waals surface area contributed by atoms with E-state index in [4.69, 9.17) is 14.5 Å². The van der Waals surface area contributed by atoms with Gasteiger partial charge in [-0.15, -0.1) is 6.58 Å². The molecule has 212 valence electrons. The number of fused-ring (bicyclic) bond motifs is 1. The second-order valence-corrected chi connectivity index (χ2v) is 10.3. The molecule has 1 atom stereocenters. The fraction of sp³-hybridized carbons (Fsp3) is 0.226. The summed E-state index contributed by atoms with van der Waals surface area (Å²) in [5, 5.41) is 7.67. The van der Waals surface area contributed by atoms with Gasteiger partial charge in [-0.05, 0) is 73.0 Å². The number of nitrogens with one attached hydrogen (secondary N) is 1. The number of carbonyl (C=O) groups is 1. The maximum Gasteiger partial charge on any atom is 0.282 e.